The number of nitriles is 2. The number of anilines is 3. The minimum atomic E-state index is -1.53. The van der Waals surface area contributed by atoms with Crippen molar-refractivity contribution in [2.45, 2.75) is 24.9 Å². The second kappa shape index (κ2) is 10.4. The highest BCUT2D eigenvalue weighted by molar-refractivity contribution is 6.36. The largest absolute Gasteiger partial charge is 0.373 e. The molecule has 1 saturated carbocycles. The summed E-state index contributed by atoms with van der Waals surface area (Å²) < 4.78 is 9.67. The van der Waals surface area contributed by atoms with Crippen molar-refractivity contribution < 1.29 is 1.37 Å². The average molecular weight is 554 g/mol. The number of hydrogen-bond donors (Lipinski definition) is 4. The Balaban J connectivity index is 1.47. The molecule has 1 aliphatic heterocycles. The zero-order valence-corrected chi connectivity index (χ0v) is 22.0. The summed E-state index contributed by atoms with van der Waals surface area (Å²) in [5, 5.41) is 29.5. The molecule has 4 N–H and O–H groups in total. The Morgan fingerprint density at radius 1 is 1.05 bits per heavy atom. The van der Waals surface area contributed by atoms with Crippen molar-refractivity contribution in [3.05, 3.63) is 105 Å². The molecular weight excluding hydrogens is 531 g/mol. The molecule has 0 radical (unpaired) electrons. The van der Waals surface area contributed by atoms with Gasteiger partial charge >= 0.3 is 0 Å². The van der Waals surface area contributed by atoms with Gasteiger partial charge in [-0.15, -0.1) is 5.53 Å². The number of hydrogen-bond acceptors (Lipinski definition) is 8. The predicted octanol–water partition coefficient (Wildman–Crippen LogP) is 6.51. The number of pyridine rings is 1. The number of benzene rings is 3. The molecule has 1 aliphatic carbocycles. The minimum absolute atomic E-state index is 0.323. The Hall–Kier alpha value is -4.47. The number of halogens is 2. The molecule has 6 rings (SSSR count). The van der Waals surface area contributed by atoms with Crippen LogP contribution in [0.4, 0.5) is 17.1 Å². The second-order valence-corrected chi connectivity index (χ2v) is 10.1. The van der Waals surface area contributed by atoms with Gasteiger partial charge in [-0.1, -0.05) is 41.4 Å². The number of aromatic nitrogens is 1. The predicted molar refractivity (Wildman–Crippen MR) is 153 cm³/mol. The molecule has 0 spiro atoms. The van der Waals surface area contributed by atoms with E-state index in [1.165, 1.54) is 6.20 Å². The molecule has 2 heterocycles. The van der Waals surface area contributed by atoms with Gasteiger partial charge in [0.25, 0.3) is 0 Å². The number of nitrogens with one attached hydrogen (secondary N) is 4. The summed E-state index contributed by atoms with van der Waals surface area (Å²) in [5.74, 6) is 0. The molecule has 10 heteroatoms. The number of nitrogens with zero attached hydrogens (tertiary/aromatic N) is 4. The van der Waals surface area contributed by atoms with Crippen molar-refractivity contribution in [2.75, 3.05) is 10.6 Å². The lowest BCUT2D eigenvalue weighted by atomic mass is 10.0. The first-order chi connectivity index (χ1) is 19.4. The Morgan fingerprint density at radius 3 is 2.67 bits per heavy atom. The molecule has 4 aromatic rings. The van der Waals surface area contributed by atoms with Crippen LogP contribution in [-0.2, 0) is 0 Å². The fourth-order valence-electron chi connectivity index (χ4n) is 4.45. The molecule has 1 fully saturated rings. The molecule has 3 aromatic carbocycles. The lowest BCUT2D eigenvalue weighted by Gasteiger charge is -2.22. The summed E-state index contributed by atoms with van der Waals surface area (Å²) in [6.45, 7) is 0. The molecule has 192 valence electrons. The summed E-state index contributed by atoms with van der Waals surface area (Å²) in [6.07, 6.45) is 5.48. The van der Waals surface area contributed by atoms with E-state index in [0.29, 0.717) is 66.4 Å². The molecule has 0 amide bonds. The van der Waals surface area contributed by atoms with Gasteiger partial charge in [0, 0.05) is 40.2 Å². The molecular formula is C29H22Cl2N8. The molecule has 2 aliphatic rings. The van der Waals surface area contributed by atoms with E-state index in [2.05, 4.69) is 38.7 Å². The summed E-state index contributed by atoms with van der Waals surface area (Å²) in [4.78, 5) is 4.43. The maximum Gasteiger partial charge on any atom is 0.103 e. The fourth-order valence-corrected chi connectivity index (χ4v) is 4.91. The molecule has 0 bridgehead atoms. The van der Waals surface area contributed by atoms with Gasteiger partial charge in [0.15, 0.2) is 0 Å². The zero-order chi connectivity index (χ0) is 27.9. The van der Waals surface area contributed by atoms with Gasteiger partial charge in [-0.3, -0.25) is 9.99 Å². The normalized spacial score (nSPS) is 16.4. The monoisotopic (exact) mass is 553 g/mol. The van der Waals surface area contributed by atoms with E-state index in [-0.39, 0.29) is 0 Å². The molecule has 1 unspecified atom stereocenters. The highest BCUT2D eigenvalue weighted by Crippen LogP contribution is 2.37. The van der Waals surface area contributed by atoms with Gasteiger partial charge in [0.1, 0.15) is 6.07 Å². The van der Waals surface area contributed by atoms with Crippen LogP contribution in [0.2, 0.25) is 10.0 Å². The van der Waals surface area contributed by atoms with Crippen molar-refractivity contribution in [1.29, 1.82) is 10.5 Å². The number of hydrazine groups is 2. The van der Waals surface area contributed by atoms with E-state index in [4.69, 9.17) is 23.2 Å². The Labute approximate surface area is 236 Å². The van der Waals surface area contributed by atoms with E-state index >= 15 is 0 Å². The molecule has 0 saturated heterocycles. The first kappa shape index (κ1) is 23.6. The van der Waals surface area contributed by atoms with Crippen LogP contribution in [0.3, 0.4) is 0 Å². The first-order valence-electron chi connectivity index (χ1n) is 12.7. The first-order valence-corrected chi connectivity index (χ1v) is 13.0. The van der Waals surface area contributed by atoms with Crippen LogP contribution in [0.1, 0.15) is 36.9 Å². The van der Waals surface area contributed by atoms with Crippen LogP contribution in [0.5, 0.6) is 0 Å². The fraction of sp³-hybridized carbons (Fsp3) is 0.138. The van der Waals surface area contributed by atoms with Crippen molar-refractivity contribution in [3.8, 4) is 12.1 Å². The summed E-state index contributed by atoms with van der Waals surface area (Å²) >= 11 is 12.9. The second-order valence-electron chi connectivity index (χ2n) is 9.26. The van der Waals surface area contributed by atoms with Crippen LogP contribution in [0, 0.1) is 22.7 Å². The minimum Gasteiger partial charge on any atom is -0.373 e. The van der Waals surface area contributed by atoms with E-state index in [1.54, 1.807) is 48.5 Å². The van der Waals surface area contributed by atoms with Gasteiger partial charge in [-0.2, -0.15) is 10.5 Å². The molecule has 39 heavy (non-hydrogen) atoms. The van der Waals surface area contributed by atoms with Crippen LogP contribution in [0.15, 0.2) is 78.8 Å². The number of rotatable bonds is 7. The van der Waals surface area contributed by atoms with E-state index in [0.717, 1.165) is 12.8 Å². The Bertz CT molecular complexity index is 1760. The van der Waals surface area contributed by atoms with Gasteiger partial charge in [0.05, 0.1) is 46.5 Å². The van der Waals surface area contributed by atoms with Crippen LogP contribution in [-0.4, -0.2) is 16.0 Å². The maximum absolute atomic E-state index is 9.86. The third-order valence-electron chi connectivity index (χ3n) is 6.49. The lowest BCUT2D eigenvalue weighted by molar-refractivity contribution is 0.260. The third kappa shape index (κ3) is 5.14. The van der Waals surface area contributed by atoms with Gasteiger partial charge in [-0.05, 0) is 60.9 Å². The molecule has 1 atom stereocenters. The summed E-state index contributed by atoms with van der Waals surface area (Å²) in [6, 6.07) is 20.8. The number of fused-ring (bicyclic) bond motifs is 1. The maximum atomic E-state index is 9.86. The molecule has 8 nitrogen and oxygen atoms in total. The van der Waals surface area contributed by atoms with Gasteiger partial charge in [0.2, 0.25) is 0 Å². The van der Waals surface area contributed by atoms with E-state index in [9.17, 15) is 11.9 Å². The highest BCUT2D eigenvalue weighted by atomic mass is 35.5. The zero-order valence-electron chi connectivity index (χ0n) is 21.5. The van der Waals surface area contributed by atoms with Crippen molar-refractivity contribution in [3.63, 3.8) is 0 Å². The Kier molecular flexibility index (Phi) is 6.28. The summed E-state index contributed by atoms with van der Waals surface area (Å²) in [5.41, 5.74) is 10.4. The standard InChI is InChI=1S/C29H22Cl2N8/c30-20-5-2-6-21(10-20)35-27-19(14-33)15-34-29-24(27)11-22(12-25(29)31)36-28(18-4-1-3-17(9-18)13-32)26-16-39(38-37-26)23-7-8-23/h1-6,9-12,15-16,23,28,36-38H,7-8H2,(H,34,35)/i28D. The van der Waals surface area contributed by atoms with Gasteiger partial charge in [-0.25, -0.2) is 0 Å². The van der Waals surface area contributed by atoms with E-state index in [1.807, 2.05) is 23.3 Å². The Morgan fingerprint density at radius 2 is 1.90 bits per heavy atom. The van der Waals surface area contributed by atoms with Gasteiger partial charge < -0.3 is 16.1 Å². The van der Waals surface area contributed by atoms with Crippen molar-refractivity contribution in [2.24, 2.45) is 0 Å². The van der Waals surface area contributed by atoms with Crippen molar-refractivity contribution in [1.82, 2.24) is 21.0 Å². The lowest BCUT2D eigenvalue weighted by Crippen LogP contribution is -2.38. The third-order valence-corrected chi connectivity index (χ3v) is 7.01. The average Bonchev–Trinajstić information content (AvgIpc) is 3.69. The smallest absolute Gasteiger partial charge is 0.103 e. The summed E-state index contributed by atoms with van der Waals surface area (Å²) in [7, 11) is 0. The molecule has 1 aromatic heterocycles. The van der Waals surface area contributed by atoms with Crippen LogP contribution < -0.4 is 21.6 Å². The topological polar surface area (TPSA) is 112 Å². The SMILES string of the molecule is [2H]C(Nc1cc(Cl)c2ncc(C#N)c(Nc3cccc(Cl)c3)c2c1)(C1=CN(C2CC2)NN1)c1cccc(C#N)c1. The van der Waals surface area contributed by atoms with Crippen LogP contribution >= 0.6 is 23.2 Å². The van der Waals surface area contributed by atoms with E-state index < -0.39 is 6.02 Å². The van der Waals surface area contributed by atoms with Crippen LogP contribution in [0.25, 0.3) is 10.9 Å². The highest BCUT2D eigenvalue weighted by Gasteiger charge is 2.32. The van der Waals surface area contributed by atoms with Crippen molar-refractivity contribution >= 4 is 51.2 Å². The quantitative estimate of drug-likeness (QED) is 0.205.